The first-order valence-corrected chi connectivity index (χ1v) is 8.56. The van der Waals surface area contributed by atoms with Crippen molar-refractivity contribution in [2.75, 3.05) is 19.5 Å². The predicted octanol–water partition coefficient (Wildman–Crippen LogP) is 3.24. The number of hydrogen-bond acceptors (Lipinski definition) is 8. The van der Waals surface area contributed by atoms with Gasteiger partial charge in [0.05, 0.1) is 25.6 Å². The Labute approximate surface area is 146 Å². The smallest absolute Gasteiger partial charge is 0.271 e. The topological polar surface area (TPSA) is 86.2 Å². The van der Waals surface area contributed by atoms with E-state index in [4.69, 9.17) is 9.47 Å². The molecule has 0 radical (unpaired) electrons. The molecule has 124 valence electrons. The van der Waals surface area contributed by atoms with Gasteiger partial charge in [-0.05, 0) is 36.7 Å². The molecule has 9 heteroatoms. The standard InChI is InChI=1S/C15H14N4O3S2/c1-8-13(24-19-18-8)14(20)17-15-16-10(7-23-15)9-4-5-11(21-2)12(6-9)22-3/h4-7H,1-3H3,(H,16,17,20). The predicted molar refractivity (Wildman–Crippen MR) is 93.3 cm³/mol. The SMILES string of the molecule is COc1ccc(-c2csc(NC(=O)c3snnc3C)n2)cc1OC. The first kappa shape index (κ1) is 16.3. The minimum absolute atomic E-state index is 0.254. The van der Waals surface area contributed by atoms with Crippen LogP contribution in [0.25, 0.3) is 11.3 Å². The maximum Gasteiger partial charge on any atom is 0.271 e. The molecule has 2 aromatic heterocycles. The van der Waals surface area contributed by atoms with Crippen LogP contribution in [-0.2, 0) is 0 Å². The number of anilines is 1. The Morgan fingerprint density at radius 3 is 2.67 bits per heavy atom. The van der Waals surface area contributed by atoms with Crippen LogP contribution in [0.2, 0.25) is 0 Å². The number of thiazole rings is 1. The maximum atomic E-state index is 12.2. The summed E-state index contributed by atoms with van der Waals surface area (Å²) in [5.41, 5.74) is 2.23. The largest absolute Gasteiger partial charge is 0.493 e. The molecule has 0 saturated carbocycles. The molecule has 1 aromatic carbocycles. The summed E-state index contributed by atoms with van der Waals surface area (Å²) in [6.45, 7) is 1.75. The molecule has 24 heavy (non-hydrogen) atoms. The molecule has 0 bridgehead atoms. The summed E-state index contributed by atoms with van der Waals surface area (Å²) in [6, 6.07) is 5.55. The number of carbonyl (C=O) groups excluding carboxylic acids is 1. The molecular formula is C15H14N4O3S2. The van der Waals surface area contributed by atoms with Crippen LogP contribution in [0.1, 0.15) is 15.4 Å². The van der Waals surface area contributed by atoms with Crippen molar-refractivity contribution in [1.29, 1.82) is 0 Å². The Morgan fingerprint density at radius 2 is 2.00 bits per heavy atom. The van der Waals surface area contributed by atoms with Crippen molar-refractivity contribution in [3.63, 3.8) is 0 Å². The zero-order valence-corrected chi connectivity index (χ0v) is 14.8. The van der Waals surface area contributed by atoms with Crippen molar-refractivity contribution in [1.82, 2.24) is 14.6 Å². The van der Waals surface area contributed by atoms with E-state index in [0.717, 1.165) is 22.8 Å². The van der Waals surface area contributed by atoms with Gasteiger partial charge >= 0.3 is 0 Å². The number of nitrogens with one attached hydrogen (secondary N) is 1. The van der Waals surface area contributed by atoms with Crippen LogP contribution in [0.5, 0.6) is 11.5 Å². The van der Waals surface area contributed by atoms with E-state index < -0.39 is 0 Å². The number of ether oxygens (including phenoxy) is 2. The molecule has 0 aliphatic carbocycles. The van der Waals surface area contributed by atoms with Crippen molar-refractivity contribution >= 4 is 33.9 Å². The average molecular weight is 362 g/mol. The van der Waals surface area contributed by atoms with Crippen LogP contribution in [0.15, 0.2) is 23.6 Å². The summed E-state index contributed by atoms with van der Waals surface area (Å²) in [4.78, 5) is 17.1. The number of aryl methyl sites for hydroxylation is 1. The molecule has 1 N–H and O–H groups in total. The third-order valence-corrected chi connectivity index (χ3v) is 4.85. The summed E-state index contributed by atoms with van der Waals surface area (Å²) in [5.74, 6) is 1.02. The second kappa shape index (κ2) is 6.93. The van der Waals surface area contributed by atoms with Gasteiger partial charge in [-0.25, -0.2) is 4.98 Å². The molecule has 0 atom stereocenters. The summed E-state index contributed by atoms with van der Waals surface area (Å²) in [6.07, 6.45) is 0. The van der Waals surface area contributed by atoms with Gasteiger partial charge in [0.25, 0.3) is 5.91 Å². The lowest BCUT2D eigenvalue weighted by molar-refractivity contribution is 0.103. The van der Waals surface area contributed by atoms with Gasteiger partial charge in [0.15, 0.2) is 16.6 Å². The van der Waals surface area contributed by atoms with Gasteiger partial charge in [-0.1, -0.05) is 4.49 Å². The average Bonchev–Trinajstić information content (AvgIpc) is 3.23. The maximum absolute atomic E-state index is 12.2. The fourth-order valence-electron chi connectivity index (χ4n) is 2.05. The molecule has 3 rings (SSSR count). The Balaban J connectivity index is 1.81. The number of carbonyl (C=O) groups is 1. The number of methoxy groups -OCH3 is 2. The van der Waals surface area contributed by atoms with Gasteiger partial charge < -0.3 is 9.47 Å². The number of amides is 1. The molecular weight excluding hydrogens is 348 g/mol. The zero-order valence-electron chi connectivity index (χ0n) is 13.2. The molecule has 0 aliphatic heterocycles. The number of benzene rings is 1. The van der Waals surface area contributed by atoms with Crippen LogP contribution in [-0.4, -0.2) is 34.7 Å². The van der Waals surface area contributed by atoms with Gasteiger partial charge in [-0.3, -0.25) is 10.1 Å². The molecule has 0 spiro atoms. The van der Waals surface area contributed by atoms with E-state index >= 15 is 0 Å². The molecule has 7 nitrogen and oxygen atoms in total. The van der Waals surface area contributed by atoms with Gasteiger partial charge in [-0.2, -0.15) is 0 Å². The van der Waals surface area contributed by atoms with Gasteiger partial charge in [0, 0.05) is 10.9 Å². The molecule has 2 heterocycles. The van der Waals surface area contributed by atoms with Gasteiger partial charge in [-0.15, -0.1) is 16.4 Å². The first-order valence-electron chi connectivity index (χ1n) is 6.90. The molecule has 0 fully saturated rings. The van der Waals surface area contributed by atoms with Crippen molar-refractivity contribution in [2.45, 2.75) is 6.92 Å². The summed E-state index contributed by atoms with van der Waals surface area (Å²) in [7, 11) is 3.17. The van der Waals surface area contributed by atoms with E-state index in [2.05, 4.69) is 19.9 Å². The minimum atomic E-state index is -0.254. The second-order valence-electron chi connectivity index (χ2n) is 4.75. The van der Waals surface area contributed by atoms with Crippen LogP contribution >= 0.6 is 22.9 Å². The summed E-state index contributed by atoms with van der Waals surface area (Å²) >= 11 is 2.41. The highest BCUT2D eigenvalue weighted by atomic mass is 32.1. The van der Waals surface area contributed by atoms with Crippen LogP contribution in [0.3, 0.4) is 0 Å². The molecule has 0 unspecified atom stereocenters. The zero-order chi connectivity index (χ0) is 17.1. The molecule has 3 aromatic rings. The monoisotopic (exact) mass is 362 g/mol. The third kappa shape index (κ3) is 3.22. The van der Waals surface area contributed by atoms with Crippen LogP contribution < -0.4 is 14.8 Å². The van der Waals surface area contributed by atoms with Crippen molar-refractivity contribution in [3.8, 4) is 22.8 Å². The Bertz CT molecular complexity index is 875. The highest BCUT2D eigenvalue weighted by molar-refractivity contribution is 7.14. The van der Waals surface area contributed by atoms with Crippen LogP contribution in [0, 0.1) is 6.92 Å². The fourth-order valence-corrected chi connectivity index (χ4v) is 3.32. The lowest BCUT2D eigenvalue weighted by Gasteiger charge is -2.08. The van der Waals surface area contributed by atoms with Crippen LogP contribution in [0.4, 0.5) is 5.13 Å². The second-order valence-corrected chi connectivity index (χ2v) is 6.36. The number of hydrogen-bond donors (Lipinski definition) is 1. The number of rotatable bonds is 5. The summed E-state index contributed by atoms with van der Waals surface area (Å²) in [5, 5.41) is 8.98. The molecule has 0 aliphatic rings. The molecule has 1 amide bonds. The lowest BCUT2D eigenvalue weighted by Crippen LogP contribution is -2.11. The first-order chi connectivity index (χ1) is 11.6. The van der Waals surface area contributed by atoms with Crippen molar-refractivity contribution < 1.29 is 14.3 Å². The van der Waals surface area contributed by atoms with E-state index in [0.29, 0.717) is 27.2 Å². The highest BCUT2D eigenvalue weighted by Gasteiger charge is 2.15. The van der Waals surface area contributed by atoms with Gasteiger partial charge in [0.1, 0.15) is 4.88 Å². The van der Waals surface area contributed by atoms with E-state index in [-0.39, 0.29) is 5.91 Å². The normalized spacial score (nSPS) is 10.5. The Kier molecular flexibility index (Phi) is 4.72. The van der Waals surface area contributed by atoms with E-state index in [1.54, 1.807) is 21.1 Å². The lowest BCUT2D eigenvalue weighted by atomic mass is 10.1. The third-order valence-electron chi connectivity index (χ3n) is 3.26. The quantitative estimate of drug-likeness (QED) is 0.750. The fraction of sp³-hybridized carbons (Fsp3) is 0.200. The van der Waals surface area contributed by atoms with Gasteiger partial charge in [0.2, 0.25) is 0 Å². The molecule has 0 saturated heterocycles. The Hall–Kier alpha value is -2.52. The van der Waals surface area contributed by atoms with Crippen molar-refractivity contribution in [3.05, 3.63) is 34.2 Å². The number of aromatic nitrogens is 3. The highest BCUT2D eigenvalue weighted by Crippen LogP contribution is 2.33. The Morgan fingerprint density at radius 1 is 1.21 bits per heavy atom. The number of nitrogens with zero attached hydrogens (tertiary/aromatic N) is 3. The minimum Gasteiger partial charge on any atom is -0.493 e. The van der Waals surface area contributed by atoms with E-state index in [1.165, 1.54) is 11.3 Å². The van der Waals surface area contributed by atoms with E-state index in [9.17, 15) is 4.79 Å². The summed E-state index contributed by atoms with van der Waals surface area (Å²) < 4.78 is 14.3. The van der Waals surface area contributed by atoms with Crippen molar-refractivity contribution in [2.24, 2.45) is 0 Å². The van der Waals surface area contributed by atoms with E-state index in [1.807, 2.05) is 23.6 Å².